The molecule has 0 fully saturated rings. The van der Waals surface area contributed by atoms with Gasteiger partial charge in [-0.05, 0) is 47.6 Å². The largest absolute Gasteiger partial charge is 0.480 e. The smallest absolute Gasteiger partial charge is 0.320 e. The number of anilines is 1. The van der Waals surface area contributed by atoms with Crippen LogP contribution in [0.15, 0.2) is 27.1 Å². The van der Waals surface area contributed by atoms with Crippen LogP contribution in [0.4, 0.5) is 5.69 Å². The Balaban J connectivity index is 2.65. The molecule has 0 bridgehead atoms. The minimum absolute atomic E-state index is 0.0211. The maximum Gasteiger partial charge on any atom is 0.320 e. The van der Waals surface area contributed by atoms with E-state index in [1.54, 1.807) is 20.0 Å². The first-order valence-corrected chi connectivity index (χ1v) is 7.61. The molecule has 1 rings (SSSR count). The van der Waals surface area contributed by atoms with Gasteiger partial charge in [0.2, 0.25) is 5.91 Å². The van der Waals surface area contributed by atoms with E-state index in [0.717, 1.165) is 8.95 Å². The molecule has 0 saturated carbocycles. The molecule has 5 nitrogen and oxygen atoms in total. The van der Waals surface area contributed by atoms with E-state index in [0.29, 0.717) is 12.1 Å². The molecule has 0 radical (unpaired) electrons. The summed E-state index contributed by atoms with van der Waals surface area (Å²) in [6, 6.07) is 4.75. The number of nitrogens with one attached hydrogen (secondary N) is 1. The number of likely N-dealkylation sites (N-methyl/N-ethyl adjacent to an activating group) is 1. The molecule has 0 aliphatic carbocycles. The Labute approximate surface area is 134 Å². The second-order valence-electron chi connectivity index (χ2n) is 4.35. The second kappa shape index (κ2) is 7.75. The van der Waals surface area contributed by atoms with Gasteiger partial charge in [0.25, 0.3) is 0 Å². The number of halogens is 2. The lowest BCUT2D eigenvalue weighted by Gasteiger charge is -2.22. The first-order chi connectivity index (χ1) is 9.35. The third-order valence-electron chi connectivity index (χ3n) is 2.80. The van der Waals surface area contributed by atoms with E-state index in [4.69, 9.17) is 5.11 Å². The lowest BCUT2D eigenvalue weighted by Crippen LogP contribution is -2.42. The van der Waals surface area contributed by atoms with Crippen LogP contribution in [0.1, 0.15) is 13.3 Å². The molecule has 0 saturated heterocycles. The lowest BCUT2D eigenvalue weighted by atomic mass is 10.2. The standard InChI is InChI=1S/C13H16Br2N2O3/c1-3-11(13(19)20)17(2)7-12(18)16-10-5-4-8(14)6-9(10)15/h4-6,11H,3,7H2,1-2H3,(H,16,18)(H,19,20). The van der Waals surface area contributed by atoms with Crippen molar-refractivity contribution >= 4 is 49.4 Å². The molecular formula is C13H16Br2N2O3. The number of aliphatic carboxylic acids is 1. The first-order valence-electron chi connectivity index (χ1n) is 6.03. The molecule has 20 heavy (non-hydrogen) atoms. The van der Waals surface area contributed by atoms with Crippen molar-refractivity contribution in [2.45, 2.75) is 19.4 Å². The van der Waals surface area contributed by atoms with Crippen molar-refractivity contribution in [1.82, 2.24) is 4.90 Å². The van der Waals surface area contributed by atoms with Gasteiger partial charge in [0.05, 0.1) is 12.2 Å². The molecule has 110 valence electrons. The van der Waals surface area contributed by atoms with E-state index >= 15 is 0 Å². The Kier molecular flexibility index (Phi) is 6.64. The highest BCUT2D eigenvalue weighted by Gasteiger charge is 2.22. The molecule has 1 amide bonds. The Morgan fingerprint density at radius 3 is 2.55 bits per heavy atom. The number of hydrogen-bond donors (Lipinski definition) is 2. The van der Waals surface area contributed by atoms with Crippen LogP contribution >= 0.6 is 31.9 Å². The zero-order valence-electron chi connectivity index (χ0n) is 11.2. The quantitative estimate of drug-likeness (QED) is 0.760. The van der Waals surface area contributed by atoms with Gasteiger partial charge in [-0.15, -0.1) is 0 Å². The Bertz CT molecular complexity index is 508. The van der Waals surface area contributed by atoms with Crippen LogP contribution in [-0.2, 0) is 9.59 Å². The third kappa shape index (κ3) is 4.88. The maximum absolute atomic E-state index is 11.9. The van der Waals surface area contributed by atoms with Gasteiger partial charge in [-0.2, -0.15) is 0 Å². The highest BCUT2D eigenvalue weighted by atomic mass is 79.9. The predicted molar refractivity (Wildman–Crippen MR) is 84.8 cm³/mol. The Morgan fingerprint density at radius 2 is 2.05 bits per heavy atom. The van der Waals surface area contributed by atoms with Gasteiger partial charge < -0.3 is 10.4 Å². The van der Waals surface area contributed by atoms with Gasteiger partial charge in [-0.3, -0.25) is 14.5 Å². The van der Waals surface area contributed by atoms with E-state index in [1.807, 2.05) is 12.1 Å². The van der Waals surface area contributed by atoms with Crippen LogP contribution in [0.25, 0.3) is 0 Å². The molecular weight excluding hydrogens is 392 g/mol. The summed E-state index contributed by atoms with van der Waals surface area (Å²) in [5.41, 5.74) is 0.648. The normalized spacial score (nSPS) is 12.2. The lowest BCUT2D eigenvalue weighted by molar-refractivity contribution is -0.143. The topological polar surface area (TPSA) is 69.6 Å². The summed E-state index contributed by atoms with van der Waals surface area (Å²) in [4.78, 5) is 24.5. The molecule has 0 aliphatic rings. The molecule has 7 heteroatoms. The summed E-state index contributed by atoms with van der Waals surface area (Å²) < 4.78 is 1.66. The number of carboxylic acids is 1. The fraction of sp³-hybridized carbons (Fsp3) is 0.385. The first kappa shape index (κ1) is 17.1. The number of carboxylic acid groups (broad SMARTS) is 1. The van der Waals surface area contributed by atoms with E-state index in [-0.39, 0.29) is 12.5 Å². The predicted octanol–water partition coefficient (Wildman–Crippen LogP) is 2.95. The number of hydrogen-bond acceptors (Lipinski definition) is 3. The van der Waals surface area contributed by atoms with Crippen molar-refractivity contribution in [2.75, 3.05) is 18.9 Å². The monoisotopic (exact) mass is 406 g/mol. The molecule has 0 aliphatic heterocycles. The number of nitrogens with zero attached hydrogens (tertiary/aromatic N) is 1. The van der Waals surface area contributed by atoms with E-state index in [2.05, 4.69) is 37.2 Å². The van der Waals surface area contributed by atoms with Gasteiger partial charge in [0, 0.05) is 8.95 Å². The van der Waals surface area contributed by atoms with Crippen molar-refractivity contribution in [1.29, 1.82) is 0 Å². The second-order valence-corrected chi connectivity index (χ2v) is 6.12. The molecule has 2 N–H and O–H groups in total. The summed E-state index contributed by atoms with van der Waals surface area (Å²) in [7, 11) is 1.62. The average Bonchev–Trinajstić information content (AvgIpc) is 2.33. The van der Waals surface area contributed by atoms with Gasteiger partial charge in [-0.25, -0.2) is 0 Å². The van der Waals surface area contributed by atoms with Crippen molar-refractivity contribution in [2.24, 2.45) is 0 Å². The molecule has 1 unspecified atom stereocenters. The van der Waals surface area contributed by atoms with Crippen LogP contribution in [-0.4, -0.2) is 41.5 Å². The van der Waals surface area contributed by atoms with Gasteiger partial charge in [-0.1, -0.05) is 22.9 Å². The maximum atomic E-state index is 11.9. The van der Waals surface area contributed by atoms with Crippen molar-refractivity contribution < 1.29 is 14.7 Å². The minimum atomic E-state index is -0.923. The fourth-order valence-corrected chi connectivity index (χ4v) is 2.94. The Hall–Kier alpha value is -0.920. The van der Waals surface area contributed by atoms with Crippen molar-refractivity contribution in [3.05, 3.63) is 27.1 Å². The number of amides is 1. The number of rotatable bonds is 6. The van der Waals surface area contributed by atoms with E-state index < -0.39 is 12.0 Å². The summed E-state index contributed by atoms with van der Waals surface area (Å²) in [5, 5.41) is 11.8. The van der Waals surface area contributed by atoms with Gasteiger partial charge in [0.15, 0.2) is 0 Å². The van der Waals surface area contributed by atoms with Crippen LogP contribution in [0.3, 0.4) is 0 Å². The summed E-state index contributed by atoms with van der Waals surface area (Å²) in [6.07, 6.45) is 0.446. The van der Waals surface area contributed by atoms with Crippen LogP contribution in [0.5, 0.6) is 0 Å². The summed E-state index contributed by atoms with van der Waals surface area (Å²) in [5.74, 6) is -1.18. The van der Waals surface area contributed by atoms with Crippen LogP contribution < -0.4 is 5.32 Å². The highest BCUT2D eigenvalue weighted by Crippen LogP contribution is 2.26. The SMILES string of the molecule is CCC(C(=O)O)N(C)CC(=O)Nc1ccc(Br)cc1Br. The zero-order valence-corrected chi connectivity index (χ0v) is 14.4. The van der Waals surface area contributed by atoms with Crippen LogP contribution in [0, 0.1) is 0 Å². The van der Waals surface area contributed by atoms with Gasteiger partial charge >= 0.3 is 5.97 Å². The Morgan fingerprint density at radius 1 is 1.40 bits per heavy atom. The van der Waals surface area contributed by atoms with E-state index in [1.165, 1.54) is 4.90 Å². The molecule has 0 aromatic heterocycles. The van der Waals surface area contributed by atoms with Crippen LogP contribution in [0.2, 0.25) is 0 Å². The van der Waals surface area contributed by atoms with Crippen molar-refractivity contribution in [3.8, 4) is 0 Å². The molecule has 1 aromatic rings. The zero-order chi connectivity index (χ0) is 15.3. The number of benzene rings is 1. The number of carbonyl (C=O) groups excluding carboxylic acids is 1. The molecule has 0 spiro atoms. The molecule has 0 heterocycles. The fourth-order valence-electron chi connectivity index (χ4n) is 1.79. The number of carbonyl (C=O) groups is 2. The summed E-state index contributed by atoms with van der Waals surface area (Å²) >= 11 is 6.69. The molecule has 1 atom stereocenters. The molecule has 1 aromatic carbocycles. The van der Waals surface area contributed by atoms with E-state index in [9.17, 15) is 9.59 Å². The summed E-state index contributed by atoms with van der Waals surface area (Å²) in [6.45, 7) is 1.80. The highest BCUT2D eigenvalue weighted by molar-refractivity contribution is 9.11. The van der Waals surface area contributed by atoms with Crippen molar-refractivity contribution in [3.63, 3.8) is 0 Å². The third-order valence-corrected chi connectivity index (χ3v) is 3.95. The minimum Gasteiger partial charge on any atom is -0.480 e. The van der Waals surface area contributed by atoms with Gasteiger partial charge in [0.1, 0.15) is 6.04 Å². The average molecular weight is 408 g/mol.